The van der Waals surface area contributed by atoms with Crippen LogP contribution in [0.3, 0.4) is 0 Å². The third kappa shape index (κ3) is 4.43. The fraction of sp³-hybridized carbons (Fsp3) is 0.143. The minimum atomic E-state index is -2.66. The lowest BCUT2D eigenvalue weighted by molar-refractivity contribution is 1.31. The summed E-state index contributed by atoms with van der Waals surface area (Å²) in [5.41, 5.74) is 0.976. The topological polar surface area (TPSA) is 0 Å². The van der Waals surface area contributed by atoms with Gasteiger partial charge in [0.15, 0.2) is 0 Å². The average molecular weight is 541 g/mol. The zero-order valence-corrected chi connectivity index (χ0v) is 16.5. The molecule has 0 N–H and O–H groups in total. The van der Waals surface area contributed by atoms with Crippen molar-refractivity contribution in [2.24, 2.45) is 0 Å². The fourth-order valence-electron chi connectivity index (χ4n) is 0.966. The molecule has 0 aliphatic rings. The van der Waals surface area contributed by atoms with Crippen LogP contribution < -0.4 is 0 Å². The molecule has 0 spiro atoms. The van der Waals surface area contributed by atoms with Gasteiger partial charge in [-0.1, -0.05) is 0 Å². The summed E-state index contributed by atoms with van der Waals surface area (Å²) in [7, 11) is 0. The number of hydrogen-bond acceptors (Lipinski definition) is 0. The van der Waals surface area contributed by atoms with Crippen molar-refractivity contribution in [1.29, 1.82) is 0 Å². The molecule has 0 aromatic heterocycles. The molecule has 0 saturated heterocycles. The average Bonchev–Trinajstić information content (AvgIpc) is 2.08. The first kappa shape index (κ1) is 15.3. The van der Waals surface area contributed by atoms with Gasteiger partial charge in [-0.2, -0.15) is 0 Å². The number of hydrogen-bond donors (Lipinski definition) is 0. The minimum absolute atomic E-state index is 0.475. The van der Waals surface area contributed by atoms with Gasteiger partial charge < -0.3 is 0 Å². The second kappa shape index (κ2) is 5.91. The highest BCUT2D eigenvalue weighted by Crippen LogP contribution is 2.40. The van der Waals surface area contributed by atoms with Crippen molar-refractivity contribution in [3.05, 3.63) is 29.5 Å². The molecular formula is C7H3Br4Cl3Si. The van der Waals surface area contributed by atoms with Crippen LogP contribution in [0, 0.1) is 0 Å². The third-order valence-corrected chi connectivity index (χ3v) is 8.30. The SMILES string of the molecule is Cl[Si](Cl)(Cl)Cc1cc(Br)c(Br)c(Br)c1Br. The molecule has 8 heteroatoms. The van der Waals surface area contributed by atoms with Crippen molar-refractivity contribution < 1.29 is 0 Å². The Balaban J connectivity index is 3.21. The maximum Gasteiger partial charge on any atom is 0.345 e. The predicted molar refractivity (Wildman–Crippen MR) is 84.3 cm³/mol. The van der Waals surface area contributed by atoms with E-state index in [1.54, 1.807) is 0 Å². The fourth-order valence-corrected chi connectivity index (χ4v) is 5.47. The van der Waals surface area contributed by atoms with Crippen LogP contribution in [-0.2, 0) is 6.04 Å². The van der Waals surface area contributed by atoms with Crippen molar-refractivity contribution in [2.45, 2.75) is 6.04 Å². The van der Waals surface area contributed by atoms with Crippen LogP contribution in [0.25, 0.3) is 0 Å². The molecule has 0 nitrogen and oxygen atoms in total. The van der Waals surface area contributed by atoms with Gasteiger partial charge in [0.25, 0.3) is 0 Å². The molecule has 0 fully saturated rings. The molecule has 0 amide bonds. The molecule has 0 atom stereocenters. The zero-order chi connectivity index (χ0) is 11.8. The van der Waals surface area contributed by atoms with E-state index in [0.29, 0.717) is 6.04 Å². The van der Waals surface area contributed by atoms with Crippen molar-refractivity contribution in [3.8, 4) is 0 Å². The Kier molecular flexibility index (Phi) is 6.02. The van der Waals surface area contributed by atoms with E-state index in [1.165, 1.54) is 0 Å². The largest absolute Gasteiger partial charge is 0.345 e. The van der Waals surface area contributed by atoms with Gasteiger partial charge in [0.05, 0.1) is 0 Å². The predicted octanol–water partition coefficient (Wildman–Crippen LogP) is 6.47. The summed E-state index contributed by atoms with van der Waals surface area (Å²) < 4.78 is 3.69. The van der Waals surface area contributed by atoms with Gasteiger partial charge in [-0.3, -0.25) is 0 Å². The van der Waals surface area contributed by atoms with Gasteiger partial charge >= 0.3 is 6.00 Å². The Morgan fingerprint density at radius 2 is 1.47 bits per heavy atom. The maximum absolute atomic E-state index is 5.89. The lowest BCUT2D eigenvalue weighted by Gasteiger charge is -2.13. The molecular weight excluding hydrogens is 538 g/mol. The van der Waals surface area contributed by atoms with Crippen molar-refractivity contribution in [3.63, 3.8) is 0 Å². The van der Waals surface area contributed by atoms with Gasteiger partial charge in [-0.15, -0.1) is 33.2 Å². The molecule has 0 bridgehead atoms. The monoisotopic (exact) mass is 536 g/mol. The van der Waals surface area contributed by atoms with E-state index in [1.807, 2.05) is 6.07 Å². The standard InChI is InChI=1S/C7H3Br4Cl3Si/c8-4-1-3(2-15(12,13)14)5(9)7(11)6(4)10/h1H,2H2. The van der Waals surface area contributed by atoms with E-state index in [9.17, 15) is 0 Å². The van der Waals surface area contributed by atoms with E-state index in [2.05, 4.69) is 63.7 Å². The Hall–Kier alpha value is 2.23. The zero-order valence-electron chi connectivity index (χ0n) is 6.93. The highest BCUT2D eigenvalue weighted by Gasteiger charge is 2.27. The van der Waals surface area contributed by atoms with Gasteiger partial charge in [0.1, 0.15) is 0 Å². The lowest BCUT2D eigenvalue weighted by Crippen LogP contribution is -2.14. The molecule has 15 heavy (non-hydrogen) atoms. The van der Waals surface area contributed by atoms with Crippen molar-refractivity contribution in [1.82, 2.24) is 0 Å². The number of halogens is 7. The van der Waals surface area contributed by atoms with E-state index >= 15 is 0 Å². The Morgan fingerprint density at radius 3 is 1.93 bits per heavy atom. The van der Waals surface area contributed by atoms with E-state index < -0.39 is 6.00 Å². The lowest BCUT2D eigenvalue weighted by atomic mass is 10.2. The summed E-state index contributed by atoms with van der Waals surface area (Å²) in [5.74, 6) is 0. The van der Waals surface area contributed by atoms with Crippen molar-refractivity contribution in [2.75, 3.05) is 0 Å². The third-order valence-electron chi connectivity index (χ3n) is 1.57. The summed E-state index contributed by atoms with van der Waals surface area (Å²) in [6, 6.07) is -0.250. The molecule has 0 radical (unpaired) electrons. The van der Waals surface area contributed by atoms with Crippen LogP contribution in [0.5, 0.6) is 0 Å². The summed E-state index contributed by atoms with van der Waals surface area (Å²) in [6.07, 6.45) is 0. The smallest absolute Gasteiger partial charge is 0.126 e. The Labute approximate surface area is 137 Å². The van der Waals surface area contributed by atoms with E-state index in [0.717, 1.165) is 23.5 Å². The van der Waals surface area contributed by atoms with Crippen LogP contribution in [0.4, 0.5) is 0 Å². The maximum atomic E-state index is 5.89. The second-order valence-electron chi connectivity index (χ2n) is 2.75. The van der Waals surface area contributed by atoms with Crippen molar-refractivity contribution >= 4 is 103 Å². The van der Waals surface area contributed by atoms with E-state index in [-0.39, 0.29) is 0 Å². The minimum Gasteiger partial charge on any atom is -0.126 e. The molecule has 1 rings (SSSR count). The van der Waals surface area contributed by atoms with Crippen LogP contribution in [-0.4, -0.2) is 6.00 Å². The van der Waals surface area contributed by atoms with Gasteiger partial charge in [0, 0.05) is 23.9 Å². The van der Waals surface area contributed by atoms with E-state index in [4.69, 9.17) is 33.2 Å². The quantitative estimate of drug-likeness (QED) is 0.174. The molecule has 1 aromatic rings. The summed E-state index contributed by atoms with van der Waals surface area (Å²) >= 11 is 31.4. The Bertz CT molecular complexity index is 391. The van der Waals surface area contributed by atoms with Crippen LogP contribution in [0.2, 0.25) is 0 Å². The number of rotatable bonds is 2. The summed E-state index contributed by atoms with van der Waals surface area (Å²) in [6.45, 7) is 0. The summed E-state index contributed by atoms with van der Waals surface area (Å²) in [4.78, 5) is 0. The molecule has 0 aliphatic carbocycles. The molecule has 0 saturated carbocycles. The summed E-state index contributed by atoms with van der Waals surface area (Å²) in [5, 5.41) is 0. The highest BCUT2D eigenvalue weighted by molar-refractivity contribution is 9.15. The van der Waals surface area contributed by atoms with Gasteiger partial charge in [-0.25, -0.2) is 0 Å². The molecule has 0 aliphatic heterocycles. The normalized spacial score (nSPS) is 11.9. The molecule has 1 aromatic carbocycles. The molecule has 0 heterocycles. The Morgan fingerprint density at radius 1 is 0.933 bits per heavy atom. The first-order chi connectivity index (χ1) is 6.72. The van der Waals surface area contributed by atoms with Crippen LogP contribution in [0.1, 0.15) is 5.56 Å². The molecule has 84 valence electrons. The second-order valence-corrected chi connectivity index (χ2v) is 15.1. The van der Waals surface area contributed by atoms with Gasteiger partial charge in [-0.05, 0) is 75.3 Å². The highest BCUT2D eigenvalue weighted by atomic mass is 79.9. The first-order valence-corrected chi connectivity index (χ1v) is 12.0. The van der Waals surface area contributed by atoms with Crippen LogP contribution in [0.15, 0.2) is 24.0 Å². The van der Waals surface area contributed by atoms with Crippen LogP contribution >= 0.6 is 97.0 Å². The van der Waals surface area contributed by atoms with Gasteiger partial charge in [0.2, 0.25) is 0 Å². The number of benzene rings is 1. The molecule has 0 unspecified atom stereocenters. The first-order valence-electron chi connectivity index (χ1n) is 3.61.